The van der Waals surface area contributed by atoms with Gasteiger partial charge in [0.15, 0.2) is 0 Å². The van der Waals surface area contributed by atoms with Gasteiger partial charge >= 0.3 is 0 Å². The molecular weight excluding hydrogens is 277 g/mol. The Bertz CT molecular complexity index is 389. The van der Waals surface area contributed by atoms with E-state index in [0.717, 1.165) is 28.6 Å². The molecule has 0 aliphatic heterocycles. The van der Waals surface area contributed by atoms with E-state index in [1.165, 1.54) is 44.9 Å². The van der Waals surface area contributed by atoms with Crippen LogP contribution in [0.1, 0.15) is 50.5 Å². The van der Waals surface area contributed by atoms with E-state index in [0.29, 0.717) is 0 Å². The summed E-state index contributed by atoms with van der Waals surface area (Å²) >= 11 is 12.6. The van der Waals surface area contributed by atoms with E-state index in [1.807, 2.05) is 18.2 Å². The lowest BCUT2D eigenvalue weighted by Gasteiger charge is -2.35. The molecule has 0 atom stereocenters. The fourth-order valence-electron chi connectivity index (χ4n) is 3.18. The van der Waals surface area contributed by atoms with Crippen LogP contribution in [0.4, 0.5) is 0 Å². The van der Waals surface area contributed by atoms with E-state index in [2.05, 4.69) is 0 Å². The van der Waals surface area contributed by atoms with Crippen molar-refractivity contribution in [2.45, 2.75) is 51.4 Å². The number of nitrogens with two attached hydrogens (primary N) is 1. The minimum Gasteiger partial charge on any atom is -0.330 e. The summed E-state index contributed by atoms with van der Waals surface area (Å²) < 4.78 is 0. The molecule has 0 saturated heterocycles. The van der Waals surface area contributed by atoms with Crippen LogP contribution in [-0.2, 0) is 6.42 Å². The lowest BCUT2D eigenvalue weighted by molar-refractivity contribution is 0.217. The van der Waals surface area contributed by atoms with Gasteiger partial charge in [-0.3, -0.25) is 0 Å². The first-order valence-corrected chi connectivity index (χ1v) is 8.05. The summed E-state index contributed by atoms with van der Waals surface area (Å²) in [6.45, 7) is 0.731. The summed E-state index contributed by atoms with van der Waals surface area (Å²) in [4.78, 5) is 0. The molecule has 0 unspecified atom stereocenters. The van der Waals surface area contributed by atoms with E-state index in [1.54, 1.807) is 0 Å². The van der Waals surface area contributed by atoms with Gasteiger partial charge in [-0.25, -0.2) is 0 Å². The van der Waals surface area contributed by atoms with Gasteiger partial charge in [-0.05, 0) is 48.9 Å². The van der Waals surface area contributed by atoms with E-state index in [4.69, 9.17) is 28.9 Å². The van der Waals surface area contributed by atoms with Crippen LogP contribution >= 0.6 is 23.2 Å². The molecular formula is C16H23Cl2N. The maximum Gasteiger partial charge on any atom is 0.0453 e. The van der Waals surface area contributed by atoms with Crippen molar-refractivity contribution in [3.05, 3.63) is 33.8 Å². The first-order chi connectivity index (χ1) is 9.17. The van der Waals surface area contributed by atoms with Crippen LogP contribution in [0.25, 0.3) is 0 Å². The van der Waals surface area contributed by atoms with Gasteiger partial charge in [0.05, 0.1) is 0 Å². The Kier molecular flexibility index (Phi) is 5.56. The largest absolute Gasteiger partial charge is 0.330 e. The third-order valence-electron chi connectivity index (χ3n) is 4.46. The minimum absolute atomic E-state index is 0.190. The zero-order valence-corrected chi connectivity index (χ0v) is 12.9. The highest BCUT2D eigenvalue weighted by Gasteiger charge is 2.30. The molecule has 19 heavy (non-hydrogen) atoms. The van der Waals surface area contributed by atoms with E-state index >= 15 is 0 Å². The predicted octanol–water partition coefficient (Wildman–Crippen LogP) is 5.23. The average molecular weight is 300 g/mol. The lowest BCUT2D eigenvalue weighted by atomic mass is 9.72. The quantitative estimate of drug-likeness (QED) is 0.813. The molecule has 0 radical (unpaired) electrons. The highest BCUT2D eigenvalue weighted by molar-refractivity contribution is 6.36. The van der Waals surface area contributed by atoms with Gasteiger partial charge in [0.1, 0.15) is 0 Å². The molecule has 1 fully saturated rings. The molecule has 1 aliphatic carbocycles. The maximum atomic E-state index is 6.32. The molecule has 3 heteroatoms. The molecule has 1 saturated carbocycles. The molecule has 1 aliphatic rings. The van der Waals surface area contributed by atoms with Crippen molar-refractivity contribution in [1.29, 1.82) is 0 Å². The molecule has 2 N–H and O–H groups in total. The lowest BCUT2D eigenvalue weighted by Crippen LogP contribution is -2.33. The summed E-state index contributed by atoms with van der Waals surface area (Å²) in [5.41, 5.74) is 7.39. The standard InChI is InChI=1S/C16H23Cl2N/c17-14-7-6-8-15(18)13(14)11-16(12-19)9-4-2-1-3-5-10-16/h6-8H,1-5,9-12,19H2. The van der Waals surface area contributed by atoms with Crippen molar-refractivity contribution in [2.24, 2.45) is 11.1 Å². The van der Waals surface area contributed by atoms with Gasteiger partial charge in [0, 0.05) is 10.0 Å². The summed E-state index contributed by atoms with van der Waals surface area (Å²) in [6.07, 6.45) is 9.90. The van der Waals surface area contributed by atoms with Crippen molar-refractivity contribution in [1.82, 2.24) is 0 Å². The first-order valence-electron chi connectivity index (χ1n) is 7.30. The molecule has 0 heterocycles. The van der Waals surface area contributed by atoms with Gasteiger partial charge in [-0.2, -0.15) is 0 Å². The summed E-state index contributed by atoms with van der Waals surface area (Å²) in [6, 6.07) is 5.76. The van der Waals surface area contributed by atoms with Crippen molar-refractivity contribution in [3.8, 4) is 0 Å². The number of halogens is 2. The van der Waals surface area contributed by atoms with Gasteiger partial charge in [0.25, 0.3) is 0 Å². The van der Waals surface area contributed by atoms with Crippen molar-refractivity contribution in [3.63, 3.8) is 0 Å². The van der Waals surface area contributed by atoms with E-state index < -0.39 is 0 Å². The summed E-state index contributed by atoms with van der Waals surface area (Å²) in [7, 11) is 0. The highest BCUT2D eigenvalue weighted by Crippen LogP contribution is 2.39. The Hall–Kier alpha value is -0.240. The number of rotatable bonds is 3. The van der Waals surface area contributed by atoms with Crippen LogP contribution < -0.4 is 5.73 Å². The fraction of sp³-hybridized carbons (Fsp3) is 0.625. The molecule has 2 rings (SSSR count). The molecule has 1 aromatic rings. The third-order valence-corrected chi connectivity index (χ3v) is 5.17. The number of hydrogen-bond acceptors (Lipinski definition) is 1. The van der Waals surface area contributed by atoms with Gasteiger partial charge in [0.2, 0.25) is 0 Å². The Morgan fingerprint density at radius 3 is 2.00 bits per heavy atom. The van der Waals surface area contributed by atoms with Crippen LogP contribution in [0.5, 0.6) is 0 Å². The summed E-state index contributed by atoms with van der Waals surface area (Å²) in [5, 5.41) is 1.56. The van der Waals surface area contributed by atoms with E-state index in [-0.39, 0.29) is 5.41 Å². The Balaban J connectivity index is 2.20. The van der Waals surface area contributed by atoms with Crippen LogP contribution in [0, 0.1) is 5.41 Å². The molecule has 1 nitrogen and oxygen atoms in total. The van der Waals surface area contributed by atoms with Crippen molar-refractivity contribution >= 4 is 23.2 Å². The minimum atomic E-state index is 0.190. The van der Waals surface area contributed by atoms with Crippen molar-refractivity contribution in [2.75, 3.05) is 6.54 Å². The molecule has 0 aromatic heterocycles. The summed E-state index contributed by atoms with van der Waals surface area (Å²) in [5.74, 6) is 0. The zero-order valence-electron chi connectivity index (χ0n) is 11.4. The zero-order chi connectivity index (χ0) is 13.7. The molecule has 0 bridgehead atoms. The van der Waals surface area contributed by atoms with Crippen molar-refractivity contribution < 1.29 is 0 Å². The normalized spacial score (nSPS) is 19.7. The van der Waals surface area contributed by atoms with Crippen LogP contribution in [0.3, 0.4) is 0 Å². The fourth-order valence-corrected chi connectivity index (χ4v) is 3.72. The SMILES string of the molecule is NCC1(Cc2c(Cl)cccc2Cl)CCCCCCC1. The van der Waals surface area contributed by atoms with Crippen LogP contribution in [0.2, 0.25) is 10.0 Å². The maximum absolute atomic E-state index is 6.32. The van der Waals surface area contributed by atoms with Crippen LogP contribution in [-0.4, -0.2) is 6.54 Å². The van der Waals surface area contributed by atoms with Gasteiger partial charge in [-0.15, -0.1) is 0 Å². The monoisotopic (exact) mass is 299 g/mol. The predicted molar refractivity (Wildman–Crippen MR) is 84.0 cm³/mol. The second kappa shape index (κ2) is 6.97. The molecule has 0 spiro atoms. The Morgan fingerprint density at radius 1 is 0.947 bits per heavy atom. The second-order valence-electron chi connectivity index (χ2n) is 5.85. The van der Waals surface area contributed by atoms with Gasteiger partial charge < -0.3 is 5.73 Å². The molecule has 106 valence electrons. The average Bonchev–Trinajstić information content (AvgIpc) is 2.37. The Labute approximate surface area is 126 Å². The number of benzene rings is 1. The molecule has 0 amide bonds. The topological polar surface area (TPSA) is 26.0 Å². The van der Waals surface area contributed by atoms with Crippen LogP contribution in [0.15, 0.2) is 18.2 Å². The number of hydrogen-bond donors (Lipinski definition) is 1. The highest BCUT2D eigenvalue weighted by atomic mass is 35.5. The first kappa shape index (κ1) is 15.2. The Morgan fingerprint density at radius 2 is 1.47 bits per heavy atom. The van der Waals surface area contributed by atoms with E-state index in [9.17, 15) is 0 Å². The smallest absolute Gasteiger partial charge is 0.0453 e. The third kappa shape index (κ3) is 3.87. The molecule has 1 aromatic carbocycles. The van der Waals surface area contributed by atoms with Gasteiger partial charge in [-0.1, -0.05) is 61.4 Å². The second-order valence-corrected chi connectivity index (χ2v) is 6.66.